The van der Waals surface area contributed by atoms with E-state index >= 15 is 0 Å². The van der Waals surface area contributed by atoms with Gasteiger partial charge in [0.25, 0.3) is 5.69 Å². The third kappa shape index (κ3) is 3.23. The van der Waals surface area contributed by atoms with Gasteiger partial charge in [-0.15, -0.1) is 0 Å². The minimum absolute atomic E-state index is 0.103. The third-order valence-corrected chi connectivity index (χ3v) is 5.18. The van der Waals surface area contributed by atoms with Crippen molar-refractivity contribution in [1.29, 1.82) is 0 Å². The topological polar surface area (TPSA) is 84.4 Å². The lowest BCUT2D eigenvalue weighted by Crippen LogP contribution is -2.44. The molecule has 1 aromatic rings. The van der Waals surface area contributed by atoms with Crippen LogP contribution in [0.25, 0.3) is 0 Å². The Bertz CT molecular complexity index is 497. The maximum absolute atomic E-state index is 10.9. The van der Waals surface area contributed by atoms with Crippen molar-refractivity contribution in [3.8, 4) is 0 Å². The number of nitro benzene ring substituents is 1. The van der Waals surface area contributed by atoms with Gasteiger partial charge in [-0.2, -0.15) is 11.8 Å². The monoisotopic (exact) mass is 296 g/mol. The minimum Gasteiger partial charge on any atom is -0.324 e. The normalized spacial score (nSPS) is 23.6. The molecule has 0 bridgehead atoms. The standard InChI is InChI=1S/C13H20N4O2S/c1-9-10(2)20-6-5-16(9)8-11-7-12(17(18)19)3-4-13(11)15-14/h3-4,7,9-10,15H,5-6,8,14H2,1-2H3. The van der Waals surface area contributed by atoms with Gasteiger partial charge in [0.1, 0.15) is 0 Å². The van der Waals surface area contributed by atoms with Crippen LogP contribution in [-0.4, -0.2) is 33.4 Å². The lowest BCUT2D eigenvalue weighted by atomic mass is 10.1. The molecule has 2 unspecified atom stereocenters. The lowest BCUT2D eigenvalue weighted by molar-refractivity contribution is -0.384. The fourth-order valence-electron chi connectivity index (χ4n) is 2.40. The van der Waals surface area contributed by atoms with E-state index in [9.17, 15) is 10.1 Å². The summed E-state index contributed by atoms with van der Waals surface area (Å²) in [7, 11) is 0. The summed E-state index contributed by atoms with van der Waals surface area (Å²) in [4.78, 5) is 12.9. The number of hydrogen-bond acceptors (Lipinski definition) is 6. The highest BCUT2D eigenvalue weighted by Crippen LogP contribution is 2.28. The number of nitrogens with zero attached hydrogens (tertiary/aromatic N) is 2. The zero-order chi connectivity index (χ0) is 14.7. The molecule has 0 saturated carbocycles. The minimum atomic E-state index is -0.373. The Morgan fingerprint density at radius 3 is 2.95 bits per heavy atom. The summed E-state index contributed by atoms with van der Waals surface area (Å²) >= 11 is 1.97. The SMILES string of the molecule is CC1SCCN(Cc2cc([N+](=O)[O-])ccc2NN)C1C. The summed E-state index contributed by atoms with van der Waals surface area (Å²) in [5.41, 5.74) is 4.34. The van der Waals surface area contributed by atoms with Crippen molar-refractivity contribution >= 4 is 23.1 Å². The molecule has 6 nitrogen and oxygen atoms in total. The number of rotatable bonds is 4. The Kier molecular flexibility index (Phi) is 4.85. The summed E-state index contributed by atoms with van der Waals surface area (Å²) in [5.74, 6) is 6.59. The largest absolute Gasteiger partial charge is 0.324 e. The Labute approximate surface area is 122 Å². The lowest BCUT2D eigenvalue weighted by Gasteiger charge is -2.37. The van der Waals surface area contributed by atoms with E-state index in [2.05, 4.69) is 24.2 Å². The molecule has 1 saturated heterocycles. The Balaban J connectivity index is 2.22. The molecular formula is C13H20N4O2S. The van der Waals surface area contributed by atoms with E-state index in [1.807, 2.05) is 11.8 Å². The highest BCUT2D eigenvalue weighted by Gasteiger charge is 2.26. The zero-order valence-electron chi connectivity index (χ0n) is 11.7. The molecule has 2 atom stereocenters. The molecule has 0 aliphatic carbocycles. The van der Waals surface area contributed by atoms with Crippen LogP contribution < -0.4 is 11.3 Å². The smallest absolute Gasteiger partial charge is 0.269 e. The molecule has 1 aromatic carbocycles. The summed E-state index contributed by atoms with van der Waals surface area (Å²) in [6.07, 6.45) is 0. The average molecular weight is 296 g/mol. The molecule has 20 heavy (non-hydrogen) atoms. The van der Waals surface area contributed by atoms with Crippen LogP contribution in [0.3, 0.4) is 0 Å². The number of thioether (sulfide) groups is 1. The number of hydrazine groups is 1. The van der Waals surface area contributed by atoms with Gasteiger partial charge in [0.15, 0.2) is 0 Å². The summed E-state index contributed by atoms with van der Waals surface area (Å²) in [6, 6.07) is 5.18. The van der Waals surface area contributed by atoms with Gasteiger partial charge in [-0.3, -0.25) is 20.9 Å². The summed E-state index contributed by atoms with van der Waals surface area (Å²) in [6.45, 7) is 6.08. The zero-order valence-corrected chi connectivity index (χ0v) is 12.5. The van der Waals surface area contributed by atoms with Crippen molar-refractivity contribution in [1.82, 2.24) is 4.90 Å². The van der Waals surface area contributed by atoms with Gasteiger partial charge in [0.2, 0.25) is 0 Å². The Morgan fingerprint density at radius 1 is 1.55 bits per heavy atom. The first-order valence-corrected chi connectivity index (χ1v) is 7.67. The Hall–Kier alpha value is -1.31. The van der Waals surface area contributed by atoms with Gasteiger partial charge in [-0.25, -0.2) is 0 Å². The molecule has 3 N–H and O–H groups in total. The van der Waals surface area contributed by atoms with Gasteiger partial charge in [-0.05, 0) is 18.6 Å². The van der Waals surface area contributed by atoms with Crippen molar-refractivity contribution in [3.05, 3.63) is 33.9 Å². The highest BCUT2D eigenvalue weighted by atomic mass is 32.2. The molecule has 0 amide bonds. The molecule has 7 heteroatoms. The van der Waals surface area contributed by atoms with E-state index in [0.29, 0.717) is 17.8 Å². The molecule has 2 rings (SSSR count). The molecule has 1 aliphatic heterocycles. The average Bonchev–Trinajstić information content (AvgIpc) is 2.43. The Morgan fingerprint density at radius 2 is 2.30 bits per heavy atom. The summed E-state index contributed by atoms with van der Waals surface area (Å²) in [5, 5.41) is 11.5. The first-order valence-electron chi connectivity index (χ1n) is 6.62. The quantitative estimate of drug-likeness (QED) is 0.503. The van der Waals surface area contributed by atoms with Gasteiger partial charge in [0.05, 0.1) is 10.6 Å². The number of benzene rings is 1. The van der Waals surface area contributed by atoms with Crippen LogP contribution in [0.2, 0.25) is 0 Å². The maximum Gasteiger partial charge on any atom is 0.269 e. The molecule has 110 valence electrons. The van der Waals surface area contributed by atoms with Gasteiger partial charge >= 0.3 is 0 Å². The van der Waals surface area contributed by atoms with Crippen LogP contribution in [0.4, 0.5) is 11.4 Å². The van der Waals surface area contributed by atoms with Crippen molar-refractivity contribution in [2.75, 3.05) is 17.7 Å². The molecular weight excluding hydrogens is 276 g/mol. The number of anilines is 1. The van der Waals surface area contributed by atoms with Gasteiger partial charge in [-0.1, -0.05) is 6.92 Å². The van der Waals surface area contributed by atoms with Crippen LogP contribution >= 0.6 is 11.8 Å². The predicted octanol–water partition coefficient (Wildman–Crippen LogP) is 2.21. The second-order valence-electron chi connectivity index (χ2n) is 5.03. The molecule has 0 spiro atoms. The van der Waals surface area contributed by atoms with Gasteiger partial charge < -0.3 is 5.43 Å². The van der Waals surface area contributed by atoms with E-state index < -0.39 is 0 Å². The van der Waals surface area contributed by atoms with Crippen molar-refractivity contribution < 1.29 is 4.92 Å². The number of nitro groups is 1. The number of nitrogen functional groups attached to an aromatic ring is 1. The van der Waals surface area contributed by atoms with Crippen LogP contribution in [-0.2, 0) is 6.54 Å². The molecule has 1 heterocycles. The number of non-ortho nitro benzene ring substituents is 1. The van der Waals surface area contributed by atoms with Crippen molar-refractivity contribution in [2.45, 2.75) is 31.7 Å². The van der Waals surface area contributed by atoms with Crippen LogP contribution in [0.1, 0.15) is 19.4 Å². The van der Waals surface area contributed by atoms with Crippen LogP contribution in [0.15, 0.2) is 18.2 Å². The number of hydrogen-bond donors (Lipinski definition) is 2. The number of nitrogens with two attached hydrogens (primary N) is 1. The molecule has 0 radical (unpaired) electrons. The van der Waals surface area contributed by atoms with E-state index in [1.54, 1.807) is 12.1 Å². The maximum atomic E-state index is 10.9. The third-order valence-electron chi connectivity index (χ3n) is 3.84. The van der Waals surface area contributed by atoms with Crippen LogP contribution in [0, 0.1) is 10.1 Å². The first kappa shape index (κ1) is 15.1. The van der Waals surface area contributed by atoms with Crippen molar-refractivity contribution in [2.24, 2.45) is 5.84 Å². The first-order chi connectivity index (χ1) is 9.52. The van der Waals surface area contributed by atoms with E-state index in [1.165, 1.54) is 6.07 Å². The van der Waals surface area contributed by atoms with Crippen LogP contribution in [0.5, 0.6) is 0 Å². The van der Waals surface area contributed by atoms with Crippen molar-refractivity contribution in [3.63, 3.8) is 0 Å². The van der Waals surface area contributed by atoms with E-state index in [0.717, 1.165) is 23.5 Å². The predicted molar refractivity (Wildman–Crippen MR) is 82.7 cm³/mol. The molecule has 1 fully saturated rings. The number of nitrogens with one attached hydrogen (secondary N) is 1. The van der Waals surface area contributed by atoms with Gasteiger partial charge in [0, 0.05) is 42.3 Å². The highest BCUT2D eigenvalue weighted by molar-refractivity contribution is 8.00. The van der Waals surface area contributed by atoms with E-state index in [-0.39, 0.29) is 10.6 Å². The van der Waals surface area contributed by atoms with E-state index in [4.69, 9.17) is 5.84 Å². The fraction of sp³-hybridized carbons (Fsp3) is 0.538. The second-order valence-corrected chi connectivity index (χ2v) is 6.52. The molecule has 1 aliphatic rings. The fourth-order valence-corrected chi connectivity index (χ4v) is 3.57. The second kappa shape index (κ2) is 6.43. The molecule has 0 aromatic heterocycles. The summed E-state index contributed by atoms with van der Waals surface area (Å²) < 4.78 is 0.